The highest BCUT2D eigenvalue weighted by Crippen LogP contribution is 2.33. The van der Waals surface area contributed by atoms with Gasteiger partial charge >= 0.3 is 5.97 Å². The Morgan fingerprint density at radius 1 is 0.853 bits per heavy atom. The number of rotatable bonds is 8. The van der Waals surface area contributed by atoms with E-state index in [2.05, 4.69) is 13.8 Å². The number of aromatic hydroxyl groups is 3. The molecule has 0 spiro atoms. The number of benzene rings is 2. The maximum atomic E-state index is 11.2. The molecule has 0 saturated carbocycles. The first-order valence-electron chi connectivity index (χ1n) is 10.9. The average molecular weight is 478 g/mol. The summed E-state index contributed by atoms with van der Waals surface area (Å²) in [5.74, 6) is -1.80. The van der Waals surface area contributed by atoms with Gasteiger partial charge in [0.15, 0.2) is 29.1 Å². The van der Waals surface area contributed by atoms with Crippen LogP contribution in [-0.2, 0) is 22.4 Å². The van der Waals surface area contributed by atoms with Gasteiger partial charge in [0.1, 0.15) is 18.3 Å². The molecule has 0 amide bonds. The topological polar surface area (TPSA) is 177 Å². The van der Waals surface area contributed by atoms with Crippen molar-refractivity contribution in [3.05, 3.63) is 47.5 Å². The predicted molar refractivity (Wildman–Crippen MR) is 119 cm³/mol. The average Bonchev–Trinajstić information content (AvgIpc) is 2.77. The number of hydrogen-bond donors (Lipinski definition) is 7. The maximum absolute atomic E-state index is 11.2. The van der Waals surface area contributed by atoms with Gasteiger partial charge in [-0.1, -0.05) is 26.0 Å². The summed E-state index contributed by atoms with van der Waals surface area (Å²) < 4.78 is 10.5. The molecule has 1 saturated heterocycles. The number of hydrogen-bond acceptors (Lipinski definition) is 9. The van der Waals surface area contributed by atoms with Crippen LogP contribution in [0.1, 0.15) is 25.0 Å². The van der Waals surface area contributed by atoms with Crippen LogP contribution in [0.3, 0.4) is 0 Å². The number of aliphatic hydroxyl groups is 3. The summed E-state index contributed by atoms with van der Waals surface area (Å²) in [6.07, 6.45) is -7.49. The first-order chi connectivity index (χ1) is 16.0. The highest BCUT2D eigenvalue weighted by atomic mass is 16.7. The van der Waals surface area contributed by atoms with Crippen molar-refractivity contribution in [3.63, 3.8) is 0 Å². The molecule has 1 aliphatic heterocycles. The number of carboxylic acid groups (broad SMARTS) is 1. The fourth-order valence-electron chi connectivity index (χ4n) is 3.91. The van der Waals surface area contributed by atoms with E-state index in [1.54, 1.807) is 12.1 Å². The molecule has 2 aromatic carbocycles. The molecule has 0 bridgehead atoms. The van der Waals surface area contributed by atoms with Crippen LogP contribution in [0.15, 0.2) is 36.4 Å². The molecule has 1 heterocycles. The van der Waals surface area contributed by atoms with E-state index in [0.717, 1.165) is 11.1 Å². The number of phenolic OH excluding ortho intramolecular Hbond substituents is 3. The molecule has 10 nitrogen and oxygen atoms in total. The van der Waals surface area contributed by atoms with Crippen LogP contribution < -0.4 is 4.74 Å². The Balaban J connectivity index is 1.64. The van der Waals surface area contributed by atoms with Crippen LogP contribution in [0.4, 0.5) is 0 Å². The zero-order valence-corrected chi connectivity index (χ0v) is 18.8. The Morgan fingerprint density at radius 3 is 1.94 bits per heavy atom. The van der Waals surface area contributed by atoms with Crippen molar-refractivity contribution in [3.8, 4) is 23.0 Å². The van der Waals surface area contributed by atoms with Crippen LogP contribution in [0.25, 0.3) is 0 Å². The van der Waals surface area contributed by atoms with Gasteiger partial charge in [-0.2, -0.15) is 0 Å². The monoisotopic (exact) mass is 478 g/mol. The molecule has 0 aliphatic carbocycles. The molecular formula is C24H30O10. The lowest BCUT2D eigenvalue weighted by atomic mass is 9.85. The number of phenols is 3. The largest absolute Gasteiger partial charge is 0.504 e. The number of ether oxygens (including phenoxy) is 2. The van der Waals surface area contributed by atoms with E-state index in [0.29, 0.717) is 12.8 Å². The lowest BCUT2D eigenvalue weighted by molar-refractivity contribution is -0.271. The van der Waals surface area contributed by atoms with Crippen molar-refractivity contribution >= 4 is 5.97 Å². The van der Waals surface area contributed by atoms with Gasteiger partial charge in [-0.25, -0.2) is 4.79 Å². The molecule has 34 heavy (non-hydrogen) atoms. The van der Waals surface area contributed by atoms with Gasteiger partial charge in [-0.3, -0.25) is 0 Å². The van der Waals surface area contributed by atoms with E-state index in [9.17, 15) is 35.4 Å². The summed E-state index contributed by atoms with van der Waals surface area (Å²) in [5, 5.41) is 68.4. The molecule has 1 aliphatic rings. The minimum absolute atomic E-state index is 0.0826. The molecule has 7 atom stereocenters. The van der Waals surface area contributed by atoms with Gasteiger partial charge in [-0.15, -0.1) is 0 Å². The Labute approximate surface area is 196 Å². The van der Waals surface area contributed by atoms with Crippen molar-refractivity contribution in [2.45, 2.75) is 57.4 Å². The van der Waals surface area contributed by atoms with Crippen molar-refractivity contribution in [2.75, 3.05) is 0 Å². The molecule has 186 valence electrons. The minimum Gasteiger partial charge on any atom is -0.504 e. The van der Waals surface area contributed by atoms with E-state index >= 15 is 0 Å². The van der Waals surface area contributed by atoms with Crippen molar-refractivity contribution in [1.82, 2.24) is 0 Å². The van der Waals surface area contributed by atoms with Crippen molar-refractivity contribution in [1.29, 1.82) is 0 Å². The number of carboxylic acids is 1. The highest BCUT2D eigenvalue weighted by molar-refractivity contribution is 5.73. The first kappa shape index (κ1) is 25.6. The third kappa shape index (κ3) is 5.71. The molecule has 2 unspecified atom stereocenters. The lowest BCUT2D eigenvalue weighted by Gasteiger charge is -2.38. The molecule has 0 aromatic heterocycles. The number of aliphatic carboxylic acids is 1. The first-order valence-corrected chi connectivity index (χ1v) is 10.9. The molecule has 1 fully saturated rings. The van der Waals surface area contributed by atoms with Crippen LogP contribution >= 0.6 is 0 Å². The van der Waals surface area contributed by atoms with Gasteiger partial charge < -0.3 is 45.2 Å². The molecule has 10 heteroatoms. The Morgan fingerprint density at radius 2 is 1.41 bits per heavy atom. The molecule has 7 N–H and O–H groups in total. The Bertz CT molecular complexity index is 1010. The fraction of sp³-hybridized carbons (Fsp3) is 0.458. The Kier molecular flexibility index (Phi) is 7.88. The Hall–Kier alpha value is -3.05. The van der Waals surface area contributed by atoms with Crippen LogP contribution in [-0.4, -0.2) is 72.4 Å². The summed E-state index contributed by atoms with van der Waals surface area (Å²) in [4.78, 5) is 11.2. The maximum Gasteiger partial charge on any atom is 0.335 e. The van der Waals surface area contributed by atoms with Gasteiger partial charge in [-0.05, 0) is 60.1 Å². The van der Waals surface area contributed by atoms with Crippen LogP contribution in [0.5, 0.6) is 23.0 Å². The van der Waals surface area contributed by atoms with Gasteiger partial charge in [0.2, 0.25) is 6.29 Å². The van der Waals surface area contributed by atoms with Crippen LogP contribution in [0.2, 0.25) is 0 Å². The lowest BCUT2D eigenvalue weighted by Crippen LogP contribution is -2.61. The zero-order valence-electron chi connectivity index (χ0n) is 18.8. The summed E-state index contributed by atoms with van der Waals surface area (Å²) >= 11 is 0. The van der Waals surface area contributed by atoms with Crippen molar-refractivity contribution in [2.24, 2.45) is 11.8 Å². The fourth-order valence-corrected chi connectivity index (χ4v) is 3.91. The standard InChI is InChI=1S/C24H30O10/c1-11(7-13-3-5-15(25)16(26)9-13)12(2)8-14-4-6-18(17(27)10-14)33-24-21(30)19(28)20(29)22(34-24)23(31)32/h3-6,9-12,19-22,24-30H,7-8H2,1-2H3,(H,31,32)/t11?,12?,19-,20-,21+,22-,24+/m0/s1. The summed E-state index contributed by atoms with van der Waals surface area (Å²) in [6, 6.07) is 9.37. The van der Waals surface area contributed by atoms with Crippen molar-refractivity contribution < 1.29 is 50.0 Å². The minimum atomic E-state index is -1.84. The zero-order chi connectivity index (χ0) is 25.2. The van der Waals surface area contributed by atoms with Gasteiger partial charge in [0.25, 0.3) is 0 Å². The highest BCUT2D eigenvalue weighted by Gasteiger charge is 2.48. The molecular weight excluding hydrogens is 448 g/mol. The molecule has 2 aromatic rings. The second-order valence-corrected chi connectivity index (χ2v) is 8.84. The molecule has 3 rings (SSSR count). The predicted octanol–water partition coefficient (Wildman–Crippen LogP) is 1.13. The van der Waals surface area contributed by atoms with Crippen LogP contribution in [0, 0.1) is 11.8 Å². The SMILES string of the molecule is CC(Cc1ccc(O)c(O)c1)C(C)Cc1ccc(O[C@@H]2O[C@H](C(=O)O)[C@@H](O)[C@H](O)[C@H]2O)c(O)c1. The quantitative estimate of drug-likeness (QED) is 0.272. The van der Waals surface area contributed by atoms with E-state index in [-0.39, 0.29) is 34.8 Å². The van der Waals surface area contributed by atoms with E-state index in [1.807, 2.05) is 0 Å². The second kappa shape index (κ2) is 10.5. The van der Waals surface area contributed by atoms with E-state index < -0.39 is 36.7 Å². The van der Waals surface area contributed by atoms with Gasteiger partial charge in [0.05, 0.1) is 0 Å². The summed E-state index contributed by atoms with van der Waals surface area (Å²) in [6.45, 7) is 4.11. The third-order valence-corrected chi connectivity index (χ3v) is 6.21. The second-order valence-electron chi connectivity index (χ2n) is 8.84. The van der Waals surface area contributed by atoms with Gasteiger partial charge in [0, 0.05) is 0 Å². The molecule has 0 radical (unpaired) electrons. The smallest absolute Gasteiger partial charge is 0.335 e. The van der Waals surface area contributed by atoms with E-state index in [4.69, 9.17) is 14.6 Å². The van der Waals surface area contributed by atoms with E-state index in [1.165, 1.54) is 24.3 Å². The number of aliphatic hydroxyl groups excluding tert-OH is 3. The number of carbonyl (C=O) groups is 1. The normalized spacial score (nSPS) is 26.6. The summed E-state index contributed by atoms with van der Waals surface area (Å²) in [7, 11) is 0. The summed E-state index contributed by atoms with van der Waals surface area (Å²) in [5.41, 5.74) is 1.70. The third-order valence-electron chi connectivity index (χ3n) is 6.21.